The maximum absolute atomic E-state index is 9.84. The van der Waals surface area contributed by atoms with Gasteiger partial charge in [0.1, 0.15) is 11.2 Å². The molecule has 1 heterocycles. The first kappa shape index (κ1) is 23.8. The zero-order chi connectivity index (χ0) is 35.8. The maximum Gasteiger partial charge on any atom is 0.143 e. The molecule has 10 rings (SSSR count). The van der Waals surface area contributed by atoms with Crippen LogP contribution in [0.3, 0.4) is 0 Å². The maximum atomic E-state index is 9.84. The Hall–Kier alpha value is -6.44. The van der Waals surface area contributed by atoms with Crippen LogP contribution in [-0.4, -0.2) is 0 Å². The fourth-order valence-electron chi connectivity index (χ4n) is 7.56. The molecular weight excluding hydrogens is 593 g/mol. The molecule has 0 aliphatic carbocycles. The van der Waals surface area contributed by atoms with Crippen LogP contribution >= 0.6 is 0 Å². The summed E-state index contributed by atoms with van der Waals surface area (Å²) < 4.78 is 44.1. The van der Waals surface area contributed by atoms with Gasteiger partial charge in [0.05, 0.1) is 5.48 Å². The van der Waals surface area contributed by atoms with Crippen LogP contribution in [0.2, 0.25) is 0 Å². The number of hydrogen-bond acceptors (Lipinski definition) is 1. The minimum absolute atomic E-state index is 0.0307. The molecule has 1 aromatic heterocycles. The molecule has 0 bridgehead atoms. The minimum Gasteiger partial charge on any atom is -0.455 e. The second-order valence-corrected chi connectivity index (χ2v) is 12.5. The van der Waals surface area contributed by atoms with Crippen molar-refractivity contribution in [1.29, 1.82) is 0 Å². The topological polar surface area (TPSA) is 13.1 Å². The van der Waals surface area contributed by atoms with Crippen molar-refractivity contribution in [3.05, 3.63) is 182 Å². The van der Waals surface area contributed by atoms with Crippen LogP contribution in [0.5, 0.6) is 0 Å². The zero-order valence-corrected chi connectivity index (χ0v) is 26.4. The molecule has 1 heteroatoms. The summed E-state index contributed by atoms with van der Waals surface area (Å²) in [7, 11) is 0. The number of furan rings is 1. The molecule has 0 spiro atoms. The summed E-state index contributed by atoms with van der Waals surface area (Å²) in [6, 6.07) is 52.7. The second-order valence-electron chi connectivity index (χ2n) is 12.5. The molecule has 0 N–H and O–H groups in total. The van der Waals surface area contributed by atoms with Crippen molar-refractivity contribution in [2.24, 2.45) is 0 Å². The average Bonchev–Trinajstić information content (AvgIpc) is 3.59. The van der Waals surface area contributed by atoms with E-state index in [1.165, 1.54) is 10.8 Å². The molecule has 0 saturated carbocycles. The fourth-order valence-corrected chi connectivity index (χ4v) is 7.56. The quantitative estimate of drug-likeness (QED) is 0.177. The van der Waals surface area contributed by atoms with Gasteiger partial charge in [-0.3, -0.25) is 0 Å². The van der Waals surface area contributed by atoms with Crippen molar-refractivity contribution in [3.63, 3.8) is 0 Å². The predicted molar refractivity (Wildman–Crippen MR) is 208 cm³/mol. The molecule has 1 nitrogen and oxygen atoms in total. The number of para-hydroxylation sites is 1. The van der Waals surface area contributed by atoms with Crippen LogP contribution in [0, 0.1) is 0 Å². The summed E-state index contributed by atoms with van der Waals surface area (Å²) in [5.41, 5.74) is 7.50. The highest BCUT2D eigenvalue weighted by molar-refractivity contribution is 6.21. The summed E-state index contributed by atoms with van der Waals surface area (Å²) in [4.78, 5) is 0. The lowest BCUT2D eigenvalue weighted by Crippen LogP contribution is -1.91. The van der Waals surface area contributed by atoms with Crippen molar-refractivity contribution < 1.29 is 9.90 Å². The Morgan fingerprint density at radius 3 is 1.71 bits per heavy atom. The highest BCUT2D eigenvalue weighted by Crippen LogP contribution is 2.45. The molecule has 0 amide bonds. The molecule has 0 atom stereocenters. The summed E-state index contributed by atoms with van der Waals surface area (Å²) in [5, 5.41) is 7.91. The van der Waals surface area contributed by atoms with E-state index in [0.717, 1.165) is 60.1 Å². The van der Waals surface area contributed by atoms with Gasteiger partial charge in [-0.2, -0.15) is 0 Å². The molecule has 49 heavy (non-hydrogen) atoms. The lowest BCUT2D eigenvalue weighted by atomic mass is 9.85. The number of rotatable bonds is 4. The third kappa shape index (κ3) is 4.40. The van der Waals surface area contributed by atoms with Crippen molar-refractivity contribution in [2.45, 2.75) is 0 Å². The third-order valence-electron chi connectivity index (χ3n) is 9.74. The van der Waals surface area contributed by atoms with E-state index < -0.39 is 0 Å². The zero-order valence-electron chi connectivity index (χ0n) is 30.4. The molecule has 0 unspecified atom stereocenters. The molecule has 9 aromatic carbocycles. The van der Waals surface area contributed by atoms with Crippen LogP contribution < -0.4 is 0 Å². The Morgan fingerprint density at radius 2 is 0.959 bits per heavy atom. The van der Waals surface area contributed by atoms with Crippen molar-refractivity contribution in [3.8, 4) is 44.5 Å². The van der Waals surface area contributed by atoms with Gasteiger partial charge in [-0.05, 0) is 89.4 Å². The molecule has 10 aromatic rings. The largest absolute Gasteiger partial charge is 0.455 e. The Balaban J connectivity index is 1.24. The Bertz CT molecular complexity index is 3040. The summed E-state index contributed by atoms with van der Waals surface area (Å²) in [6.45, 7) is 0. The molecule has 0 aliphatic heterocycles. The van der Waals surface area contributed by atoms with Crippen LogP contribution in [0.25, 0.3) is 98.8 Å². The first-order chi connectivity index (χ1) is 26.0. The smallest absolute Gasteiger partial charge is 0.143 e. The highest BCUT2D eigenvalue weighted by atomic mass is 16.3. The van der Waals surface area contributed by atoms with E-state index in [2.05, 4.69) is 72.8 Å². The van der Waals surface area contributed by atoms with Gasteiger partial charge < -0.3 is 4.42 Å². The van der Waals surface area contributed by atoms with Crippen LogP contribution in [0.15, 0.2) is 186 Å². The SMILES string of the molecule is [2H]c1c([2H])c(-c2c3ccccc3c(-c3ccccc3)c3ccccc23)c([2H])c(-c2cccc3c2oc2ccc(-c4cccc5ccccc45)cc23)c1[2H]. The summed E-state index contributed by atoms with van der Waals surface area (Å²) in [6.07, 6.45) is 0. The first-order valence-corrected chi connectivity index (χ1v) is 16.5. The first-order valence-electron chi connectivity index (χ1n) is 18.5. The monoisotopic (exact) mass is 626 g/mol. The van der Waals surface area contributed by atoms with E-state index in [4.69, 9.17) is 5.79 Å². The van der Waals surface area contributed by atoms with E-state index in [1.54, 1.807) is 0 Å². The van der Waals surface area contributed by atoms with Gasteiger partial charge in [-0.15, -0.1) is 0 Å². The van der Waals surface area contributed by atoms with Crippen LogP contribution in [-0.2, 0) is 0 Å². The van der Waals surface area contributed by atoms with Gasteiger partial charge >= 0.3 is 0 Å². The van der Waals surface area contributed by atoms with Gasteiger partial charge in [-0.25, -0.2) is 0 Å². The van der Waals surface area contributed by atoms with E-state index in [0.29, 0.717) is 22.3 Å². The van der Waals surface area contributed by atoms with Gasteiger partial charge in [0, 0.05) is 16.3 Å². The number of fused-ring (bicyclic) bond motifs is 6. The van der Waals surface area contributed by atoms with E-state index in [9.17, 15) is 4.11 Å². The van der Waals surface area contributed by atoms with Gasteiger partial charge in [0.25, 0.3) is 0 Å². The Kier molecular flexibility index (Phi) is 5.38. The van der Waals surface area contributed by atoms with Gasteiger partial charge in [0.2, 0.25) is 0 Å². The lowest BCUT2D eigenvalue weighted by Gasteiger charge is -2.18. The van der Waals surface area contributed by atoms with Gasteiger partial charge in [-0.1, -0.05) is 164 Å². The number of benzene rings is 9. The average molecular weight is 627 g/mol. The van der Waals surface area contributed by atoms with E-state index in [1.807, 2.05) is 84.9 Å². The highest BCUT2D eigenvalue weighted by Gasteiger charge is 2.18. The molecule has 0 saturated heterocycles. The molecular formula is C48H30O. The normalized spacial score (nSPS) is 12.8. The summed E-state index contributed by atoms with van der Waals surface area (Å²) >= 11 is 0. The second kappa shape index (κ2) is 11.1. The Labute approximate surface area is 289 Å². The standard InChI is InChI=1S/C48H30O/c1-2-14-32(15-3-1)46-39-20-6-8-22-41(39)47(42-23-9-7-21-40(42)46)35-18-10-17-33(29-35)38-25-12-26-43-44-30-34(27-28-45(44)49-48(38)43)37-24-11-16-31-13-4-5-19-36(31)37/h1-30H/i10D,17D,18D,29D. The van der Waals surface area contributed by atoms with Crippen LogP contribution in [0.1, 0.15) is 5.48 Å². The van der Waals surface area contributed by atoms with Crippen molar-refractivity contribution >= 4 is 54.3 Å². The molecule has 0 fully saturated rings. The van der Waals surface area contributed by atoms with E-state index in [-0.39, 0.29) is 29.7 Å². The van der Waals surface area contributed by atoms with Crippen LogP contribution in [0.4, 0.5) is 0 Å². The number of hydrogen-bond donors (Lipinski definition) is 0. The molecule has 228 valence electrons. The summed E-state index contributed by atoms with van der Waals surface area (Å²) in [5.74, 6) is 0. The molecule has 0 radical (unpaired) electrons. The fraction of sp³-hybridized carbons (Fsp3) is 0. The van der Waals surface area contributed by atoms with E-state index >= 15 is 0 Å². The third-order valence-corrected chi connectivity index (χ3v) is 9.74. The Morgan fingerprint density at radius 1 is 0.388 bits per heavy atom. The lowest BCUT2D eigenvalue weighted by molar-refractivity contribution is 0.670. The van der Waals surface area contributed by atoms with Crippen molar-refractivity contribution in [1.82, 2.24) is 0 Å². The minimum atomic E-state index is -0.224. The predicted octanol–water partition coefficient (Wildman–Crippen LogP) is 13.7. The van der Waals surface area contributed by atoms with Crippen molar-refractivity contribution in [2.75, 3.05) is 0 Å². The molecule has 0 aliphatic rings. The van der Waals surface area contributed by atoms with Gasteiger partial charge in [0.15, 0.2) is 0 Å².